The number of nitrogens with zero attached hydrogens (tertiary/aromatic N) is 3. The largest absolute Gasteiger partial charge is 0.460 e. The standard InChI is InChI=1S/C25H26F3N3O4/c1-24(2,3)35-22(32)7-5-4-6-21-30-20-14-16(15-29-34)8-13-19(20)23(33)31(21)18-11-9-17(10-12-18)25(26,27)28/h8-15,34H,4-7H2,1-3H3. The summed E-state index contributed by atoms with van der Waals surface area (Å²) in [6, 6.07) is 8.97. The molecular formula is C25H26F3N3O4. The molecular weight excluding hydrogens is 463 g/mol. The first-order chi connectivity index (χ1) is 16.4. The Balaban J connectivity index is 1.96. The zero-order valence-corrected chi connectivity index (χ0v) is 19.6. The summed E-state index contributed by atoms with van der Waals surface area (Å²) < 4.78 is 45.6. The van der Waals surface area contributed by atoms with Crippen LogP contribution in [0.4, 0.5) is 13.2 Å². The molecule has 0 saturated carbocycles. The number of hydrogen-bond acceptors (Lipinski definition) is 6. The molecule has 0 atom stereocenters. The number of unbranched alkanes of at least 4 members (excludes halogenated alkanes) is 1. The molecule has 0 unspecified atom stereocenters. The van der Waals surface area contributed by atoms with Crippen molar-refractivity contribution in [2.24, 2.45) is 5.16 Å². The van der Waals surface area contributed by atoms with Gasteiger partial charge in [0.15, 0.2) is 0 Å². The van der Waals surface area contributed by atoms with Gasteiger partial charge in [0.2, 0.25) is 0 Å². The summed E-state index contributed by atoms with van der Waals surface area (Å²) in [5, 5.41) is 12.0. The molecule has 0 aliphatic rings. The first-order valence-electron chi connectivity index (χ1n) is 11.0. The number of alkyl halides is 3. The fourth-order valence-electron chi connectivity index (χ4n) is 3.57. The second kappa shape index (κ2) is 10.3. The van der Waals surface area contributed by atoms with Crippen molar-refractivity contribution in [3.05, 3.63) is 69.8 Å². The summed E-state index contributed by atoms with van der Waals surface area (Å²) >= 11 is 0. The molecule has 0 fully saturated rings. The van der Waals surface area contributed by atoms with E-state index in [9.17, 15) is 22.8 Å². The molecule has 7 nitrogen and oxygen atoms in total. The third-order valence-electron chi connectivity index (χ3n) is 5.07. The van der Waals surface area contributed by atoms with E-state index in [1.165, 1.54) is 29.0 Å². The van der Waals surface area contributed by atoms with Gasteiger partial charge >= 0.3 is 12.1 Å². The normalized spacial score (nSPS) is 12.4. The Bertz CT molecular complexity index is 1290. The van der Waals surface area contributed by atoms with Gasteiger partial charge in [0.05, 0.1) is 28.4 Å². The van der Waals surface area contributed by atoms with Gasteiger partial charge in [-0.25, -0.2) is 4.98 Å². The lowest BCUT2D eigenvalue weighted by molar-refractivity contribution is -0.155. The van der Waals surface area contributed by atoms with Gasteiger partial charge in [-0.05, 0) is 75.6 Å². The van der Waals surface area contributed by atoms with Gasteiger partial charge < -0.3 is 9.94 Å². The minimum Gasteiger partial charge on any atom is -0.460 e. The van der Waals surface area contributed by atoms with E-state index in [2.05, 4.69) is 10.1 Å². The minimum atomic E-state index is -4.50. The number of carbonyl (C=O) groups excluding carboxylic acids is 1. The number of ether oxygens (including phenoxy) is 1. The second-order valence-electron chi connectivity index (χ2n) is 9.03. The number of fused-ring (bicyclic) bond motifs is 1. The predicted octanol–water partition coefficient (Wildman–Crippen LogP) is 5.27. The van der Waals surface area contributed by atoms with Crippen LogP contribution in [0.2, 0.25) is 0 Å². The Morgan fingerprint density at radius 2 is 1.80 bits per heavy atom. The van der Waals surface area contributed by atoms with Crippen molar-refractivity contribution in [1.29, 1.82) is 0 Å². The van der Waals surface area contributed by atoms with E-state index < -0.39 is 22.9 Å². The summed E-state index contributed by atoms with van der Waals surface area (Å²) in [6.07, 6.45) is -1.84. The molecule has 3 rings (SSSR count). The first-order valence-corrected chi connectivity index (χ1v) is 11.0. The Hall–Kier alpha value is -3.69. The number of halogens is 3. The van der Waals surface area contributed by atoms with Crippen molar-refractivity contribution in [2.75, 3.05) is 0 Å². The zero-order valence-electron chi connectivity index (χ0n) is 19.6. The lowest BCUT2D eigenvalue weighted by atomic mass is 10.1. The number of rotatable bonds is 7. The van der Waals surface area contributed by atoms with E-state index in [0.29, 0.717) is 36.2 Å². The maximum absolute atomic E-state index is 13.3. The average Bonchev–Trinajstić information content (AvgIpc) is 2.75. The molecule has 0 aliphatic carbocycles. The van der Waals surface area contributed by atoms with Crippen LogP contribution >= 0.6 is 0 Å². The number of hydrogen-bond donors (Lipinski definition) is 1. The summed E-state index contributed by atoms with van der Waals surface area (Å²) in [5.41, 5.74) is -0.720. The van der Waals surface area contributed by atoms with E-state index in [-0.39, 0.29) is 23.5 Å². The molecule has 10 heteroatoms. The van der Waals surface area contributed by atoms with Crippen LogP contribution in [0, 0.1) is 0 Å². The van der Waals surface area contributed by atoms with Gasteiger partial charge in [0.1, 0.15) is 11.4 Å². The maximum Gasteiger partial charge on any atom is 0.416 e. The molecule has 35 heavy (non-hydrogen) atoms. The molecule has 3 aromatic rings. The zero-order chi connectivity index (χ0) is 25.8. The predicted molar refractivity (Wildman–Crippen MR) is 125 cm³/mol. The van der Waals surface area contributed by atoms with Crippen molar-refractivity contribution in [2.45, 2.75) is 58.2 Å². The highest BCUT2D eigenvalue weighted by molar-refractivity contribution is 5.88. The van der Waals surface area contributed by atoms with Gasteiger partial charge in [-0.3, -0.25) is 14.2 Å². The molecule has 0 saturated heterocycles. The quantitative estimate of drug-likeness (QED) is 0.161. The van der Waals surface area contributed by atoms with E-state index in [0.717, 1.165) is 12.1 Å². The molecule has 0 spiro atoms. The molecule has 0 radical (unpaired) electrons. The summed E-state index contributed by atoms with van der Waals surface area (Å²) in [4.78, 5) is 29.9. The third-order valence-corrected chi connectivity index (χ3v) is 5.07. The smallest absolute Gasteiger partial charge is 0.416 e. The van der Waals surface area contributed by atoms with Crippen LogP contribution in [-0.4, -0.2) is 32.5 Å². The van der Waals surface area contributed by atoms with Crippen molar-refractivity contribution >= 4 is 23.1 Å². The van der Waals surface area contributed by atoms with Crippen LogP contribution < -0.4 is 5.56 Å². The van der Waals surface area contributed by atoms with E-state index in [4.69, 9.17) is 9.94 Å². The van der Waals surface area contributed by atoms with E-state index >= 15 is 0 Å². The van der Waals surface area contributed by atoms with Gasteiger partial charge in [-0.1, -0.05) is 11.2 Å². The number of aromatic nitrogens is 2. The second-order valence-corrected chi connectivity index (χ2v) is 9.03. The lowest BCUT2D eigenvalue weighted by Gasteiger charge is -2.19. The highest BCUT2D eigenvalue weighted by Crippen LogP contribution is 2.29. The molecule has 1 heterocycles. The SMILES string of the molecule is CC(C)(C)OC(=O)CCCCc1nc2cc(C=NO)ccc2c(=O)n1-c1ccc(C(F)(F)F)cc1. The highest BCUT2D eigenvalue weighted by atomic mass is 19.4. The molecule has 0 bridgehead atoms. The van der Waals surface area contributed by atoms with Crippen LogP contribution in [-0.2, 0) is 22.1 Å². The minimum absolute atomic E-state index is 0.187. The van der Waals surface area contributed by atoms with Crippen LogP contribution in [0.1, 0.15) is 57.0 Å². The summed E-state index contributed by atoms with van der Waals surface area (Å²) in [6.45, 7) is 5.34. The van der Waals surface area contributed by atoms with Gasteiger partial charge in [-0.15, -0.1) is 0 Å². The lowest BCUT2D eigenvalue weighted by Crippen LogP contribution is -2.25. The van der Waals surface area contributed by atoms with Crippen LogP contribution in [0.3, 0.4) is 0 Å². The average molecular weight is 489 g/mol. The monoisotopic (exact) mass is 489 g/mol. The molecule has 0 aliphatic heterocycles. The Kier molecular flexibility index (Phi) is 7.62. The third kappa shape index (κ3) is 6.68. The number of benzene rings is 2. The van der Waals surface area contributed by atoms with Gasteiger partial charge in [0, 0.05) is 12.8 Å². The summed E-state index contributed by atoms with van der Waals surface area (Å²) in [7, 11) is 0. The Labute approximate surface area is 199 Å². The molecule has 2 aromatic carbocycles. The van der Waals surface area contributed by atoms with Gasteiger partial charge in [-0.2, -0.15) is 13.2 Å². The van der Waals surface area contributed by atoms with Crippen molar-refractivity contribution < 1.29 is 27.9 Å². The maximum atomic E-state index is 13.3. The van der Waals surface area contributed by atoms with Crippen molar-refractivity contribution in [1.82, 2.24) is 9.55 Å². The Morgan fingerprint density at radius 1 is 1.11 bits per heavy atom. The number of carbonyl (C=O) groups is 1. The van der Waals surface area contributed by atoms with Crippen molar-refractivity contribution in [3.63, 3.8) is 0 Å². The van der Waals surface area contributed by atoms with Crippen molar-refractivity contribution in [3.8, 4) is 5.69 Å². The number of esters is 1. The first kappa shape index (κ1) is 25.9. The van der Waals surface area contributed by atoms with E-state index in [1.54, 1.807) is 32.9 Å². The molecule has 1 N–H and O–H groups in total. The van der Waals surface area contributed by atoms with Crippen LogP contribution in [0.5, 0.6) is 0 Å². The fraction of sp³-hybridized carbons (Fsp3) is 0.360. The van der Waals surface area contributed by atoms with Gasteiger partial charge in [0.25, 0.3) is 5.56 Å². The Morgan fingerprint density at radius 3 is 2.40 bits per heavy atom. The fourth-order valence-corrected chi connectivity index (χ4v) is 3.57. The van der Waals surface area contributed by atoms with Crippen LogP contribution in [0.25, 0.3) is 16.6 Å². The number of aryl methyl sites for hydroxylation is 1. The number of oxime groups is 1. The van der Waals surface area contributed by atoms with E-state index in [1.807, 2.05) is 0 Å². The van der Waals surface area contributed by atoms with Crippen LogP contribution in [0.15, 0.2) is 52.4 Å². The molecule has 1 aromatic heterocycles. The molecule has 0 amide bonds. The highest BCUT2D eigenvalue weighted by Gasteiger charge is 2.30. The topological polar surface area (TPSA) is 93.8 Å². The summed E-state index contributed by atoms with van der Waals surface area (Å²) in [5.74, 6) is 0.00145. The molecule has 186 valence electrons.